The number of Topliss-reactive ketones (excluding diaryl/α,β-unsaturated/α-hetero) is 4. The van der Waals surface area contributed by atoms with Crippen molar-refractivity contribution in [2.75, 3.05) is 7.11 Å². The van der Waals surface area contributed by atoms with Crippen molar-refractivity contribution in [2.24, 2.45) is 0 Å². The number of aliphatic hydroxyl groups is 5. The Morgan fingerprint density at radius 2 is 1.15 bits per heavy atom. The first-order chi connectivity index (χ1) is 28.1. The van der Waals surface area contributed by atoms with Gasteiger partial charge in [0.25, 0.3) is 0 Å². The predicted octanol–water partition coefficient (Wildman–Crippen LogP) is -1.03. The zero-order valence-electron chi connectivity index (χ0n) is 31.9. The van der Waals surface area contributed by atoms with E-state index < -0.39 is 176 Å². The van der Waals surface area contributed by atoms with Gasteiger partial charge in [-0.15, -0.1) is 11.8 Å². The standard InChI is InChI=1S/C39H40O20S/c1-14-38(53)32(49)24-18(6-4-8-20(24)40)30(47)36(38,12-16(56-14)10-22(42)55-3)60-37-13-17(11-23(43)58-35-28(46)26(44)27(45)29(59-35)34(51)52)57-15(2)39(37,54)33(50)25-19(31(37)48)7-5-9-21(25)41/h4-9,14-17,26-29,35,40-41,44-46,53-54H,10-13H2,1-3H3,(H,51,52). The number of benzene rings is 2. The van der Waals surface area contributed by atoms with Crippen LogP contribution in [0, 0.1) is 0 Å². The summed E-state index contributed by atoms with van der Waals surface area (Å²) in [6.07, 6.45) is -20.2. The molecular weight excluding hydrogens is 820 g/mol. The van der Waals surface area contributed by atoms with Crippen molar-refractivity contribution in [2.45, 2.75) is 115 Å². The number of hydrogen-bond donors (Lipinski definition) is 8. The number of thioether (sulfide) groups is 1. The van der Waals surface area contributed by atoms with E-state index in [1.54, 1.807) is 0 Å². The SMILES string of the molecule is COC(=O)CC1CC2(SC34CC(CC(=O)OC5OC(C(=O)O)C(O)C(O)C5O)OC(C)C3(O)C(=O)c3c(O)cccc3C4=O)C(=O)c3cccc(O)c3C(=O)C2(O)C(C)O1. The number of phenols is 2. The Kier molecular flexibility index (Phi) is 10.8. The van der Waals surface area contributed by atoms with Gasteiger partial charge in [0, 0.05) is 11.1 Å². The number of aliphatic hydroxyl groups excluding tert-OH is 3. The second kappa shape index (κ2) is 15.0. The number of methoxy groups -OCH3 is 1. The van der Waals surface area contributed by atoms with Crippen molar-refractivity contribution in [1.29, 1.82) is 0 Å². The fourth-order valence-corrected chi connectivity index (χ4v) is 11.5. The Labute approximate surface area is 342 Å². The van der Waals surface area contributed by atoms with Crippen LogP contribution in [-0.2, 0) is 38.1 Å². The average Bonchev–Trinajstić information content (AvgIpc) is 3.19. The molecule has 13 atom stereocenters. The van der Waals surface area contributed by atoms with Gasteiger partial charge in [0.1, 0.15) is 39.3 Å². The van der Waals surface area contributed by atoms with Gasteiger partial charge < -0.3 is 64.5 Å². The maximum Gasteiger partial charge on any atom is 0.335 e. The molecule has 0 aromatic heterocycles. The third-order valence-electron chi connectivity index (χ3n) is 12.1. The summed E-state index contributed by atoms with van der Waals surface area (Å²) in [4.78, 5) is 97.6. The lowest BCUT2D eigenvalue weighted by Gasteiger charge is -2.61. The minimum absolute atomic E-state index is 0.222. The summed E-state index contributed by atoms with van der Waals surface area (Å²) < 4.78 is 21.6. The smallest absolute Gasteiger partial charge is 0.335 e. The van der Waals surface area contributed by atoms with E-state index in [9.17, 15) is 64.8 Å². The molecule has 5 aliphatic rings. The molecule has 3 aliphatic heterocycles. The van der Waals surface area contributed by atoms with Crippen molar-refractivity contribution in [1.82, 2.24) is 0 Å². The second-order valence-corrected chi connectivity index (χ2v) is 17.0. The number of carboxylic acid groups (broad SMARTS) is 1. The molecule has 20 nitrogen and oxygen atoms in total. The van der Waals surface area contributed by atoms with Gasteiger partial charge in [-0.25, -0.2) is 4.79 Å². The third-order valence-corrected chi connectivity index (χ3v) is 14.1. The highest BCUT2D eigenvalue weighted by molar-refractivity contribution is 8.03. The summed E-state index contributed by atoms with van der Waals surface area (Å²) in [7, 11) is 1.08. The molecule has 21 heteroatoms. The number of carbonyl (C=O) groups excluding carboxylic acids is 6. The number of carboxylic acids is 1. The molecule has 0 radical (unpaired) electrons. The van der Waals surface area contributed by atoms with E-state index in [1.165, 1.54) is 25.1 Å². The first kappa shape index (κ1) is 43.3. The molecule has 3 heterocycles. The van der Waals surface area contributed by atoms with Crippen LogP contribution in [0.3, 0.4) is 0 Å². The van der Waals surface area contributed by atoms with E-state index in [-0.39, 0.29) is 11.8 Å². The van der Waals surface area contributed by atoms with E-state index in [0.717, 1.165) is 32.2 Å². The summed E-state index contributed by atoms with van der Waals surface area (Å²) >= 11 is 0.222. The van der Waals surface area contributed by atoms with Crippen LogP contribution in [0.2, 0.25) is 0 Å². The normalized spacial score (nSPS) is 38.5. The molecule has 2 aromatic carbocycles. The highest BCUT2D eigenvalue weighted by Gasteiger charge is 2.78. The highest BCUT2D eigenvalue weighted by Crippen LogP contribution is 2.64. The highest BCUT2D eigenvalue weighted by atomic mass is 32.2. The molecule has 0 saturated carbocycles. The van der Waals surface area contributed by atoms with Gasteiger partial charge in [0.2, 0.25) is 17.9 Å². The maximum atomic E-state index is 15.3. The number of carbonyl (C=O) groups is 7. The van der Waals surface area contributed by atoms with E-state index >= 15 is 9.59 Å². The molecule has 0 bridgehead atoms. The Morgan fingerprint density at radius 3 is 1.58 bits per heavy atom. The Bertz CT molecular complexity index is 2210. The molecule has 8 N–H and O–H groups in total. The first-order valence-electron chi connectivity index (χ1n) is 18.6. The van der Waals surface area contributed by atoms with Crippen LogP contribution < -0.4 is 0 Å². The second-order valence-electron chi connectivity index (χ2n) is 15.4. The van der Waals surface area contributed by atoms with Gasteiger partial charge in [-0.1, -0.05) is 24.3 Å². The summed E-state index contributed by atoms with van der Waals surface area (Å²) in [5, 5.41) is 87.6. The average molecular weight is 861 g/mol. The van der Waals surface area contributed by atoms with Crippen molar-refractivity contribution < 1.29 is 98.1 Å². The molecule has 2 aliphatic carbocycles. The molecular formula is C39H40O20S. The largest absolute Gasteiger partial charge is 0.507 e. The minimum atomic E-state index is -3.07. The zero-order valence-corrected chi connectivity index (χ0v) is 32.7. The van der Waals surface area contributed by atoms with Gasteiger partial charge in [-0.3, -0.25) is 28.8 Å². The third kappa shape index (κ3) is 6.01. The molecule has 0 spiro atoms. The Balaban J connectivity index is 1.38. The van der Waals surface area contributed by atoms with E-state index in [2.05, 4.69) is 0 Å². The molecule has 0 amide bonds. The predicted molar refractivity (Wildman–Crippen MR) is 196 cm³/mol. The molecule has 60 heavy (non-hydrogen) atoms. The lowest BCUT2D eigenvalue weighted by Crippen LogP contribution is -2.79. The number of ether oxygens (including phenoxy) is 5. The summed E-state index contributed by atoms with van der Waals surface area (Å²) in [5.41, 5.74) is -8.18. The number of fused-ring (bicyclic) bond motifs is 4. The van der Waals surface area contributed by atoms with Crippen LogP contribution >= 0.6 is 11.8 Å². The summed E-state index contributed by atoms with van der Waals surface area (Å²) in [6.45, 7) is 2.35. The molecule has 322 valence electrons. The number of aliphatic carboxylic acids is 1. The van der Waals surface area contributed by atoms with Crippen molar-refractivity contribution in [3.05, 3.63) is 58.7 Å². The van der Waals surface area contributed by atoms with E-state index in [0.29, 0.717) is 0 Å². The maximum absolute atomic E-state index is 15.3. The lowest BCUT2D eigenvalue weighted by molar-refractivity contribution is -0.287. The van der Waals surface area contributed by atoms with E-state index in [4.69, 9.17) is 23.7 Å². The molecule has 3 saturated heterocycles. The topological polar surface area (TPSA) is 327 Å². The zero-order chi connectivity index (χ0) is 44.0. The minimum Gasteiger partial charge on any atom is -0.507 e. The number of esters is 2. The van der Waals surface area contributed by atoms with Crippen molar-refractivity contribution >= 4 is 52.8 Å². The molecule has 13 unspecified atom stereocenters. The number of phenolic OH excluding ortho intramolecular Hbond substituents is 2. The van der Waals surface area contributed by atoms with Gasteiger partial charge in [-0.2, -0.15) is 0 Å². The van der Waals surface area contributed by atoms with Gasteiger partial charge >= 0.3 is 17.9 Å². The number of aromatic hydroxyl groups is 2. The molecule has 3 fully saturated rings. The lowest BCUT2D eigenvalue weighted by atomic mass is 9.63. The Morgan fingerprint density at radius 1 is 0.700 bits per heavy atom. The first-order valence-corrected chi connectivity index (χ1v) is 19.4. The van der Waals surface area contributed by atoms with Crippen molar-refractivity contribution in [3.63, 3.8) is 0 Å². The fourth-order valence-electron chi connectivity index (χ4n) is 9.15. The quantitative estimate of drug-likeness (QED) is 0.147. The van der Waals surface area contributed by atoms with Crippen LogP contribution in [0.15, 0.2) is 36.4 Å². The van der Waals surface area contributed by atoms with Crippen LogP contribution in [0.1, 0.15) is 81.0 Å². The van der Waals surface area contributed by atoms with Crippen LogP contribution in [-0.4, -0.2) is 165 Å². The summed E-state index contributed by atoms with van der Waals surface area (Å²) in [5.74, 6) is -10.0. The number of rotatable bonds is 8. The Hall–Kier alpha value is -4.84. The summed E-state index contributed by atoms with van der Waals surface area (Å²) in [6, 6.07) is 6.96. The van der Waals surface area contributed by atoms with Crippen molar-refractivity contribution in [3.8, 4) is 11.5 Å². The van der Waals surface area contributed by atoms with Crippen LogP contribution in [0.4, 0.5) is 0 Å². The fraction of sp³-hybridized carbons (Fsp3) is 0.513. The molecule has 2 aromatic rings. The van der Waals surface area contributed by atoms with Crippen LogP contribution in [0.25, 0.3) is 0 Å². The van der Waals surface area contributed by atoms with E-state index in [1.807, 2.05) is 0 Å². The van der Waals surface area contributed by atoms with Crippen LogP contribution in [0.5, 0.6) is 11.5 Å². The van der Waals surface area contributed by atoms with Gasteiger partial charge in [0.05, 0.1) is 55.5 Å². The van der Waals surface area contributed by atoms with Gasteiger partial charge in [0.15, 0.2) is 28.9 Å². The molecule has 7 rings (SSSR count). The number of ketones is 4. The monoisotopic (exact) mass is 860 g/mol. The number of hydrogen-bond acceptors (Lipinski definition) is 20. The van der Waals surface area contributed by atoms with Gasteiger partial charge in [-0.05, 0) is 38.8 Å².